The zero-order chi connectivity index (χ0) is 17.3. The Morgan fingerprint density at radius 2 is 1.62 bits per heavy atom. The summed E-state index contributed by atoms with van der Waals surface area (Å²) < 4.78 is 0. The molecule has 3 heterocycles. The average molecular weight is 339 g/mol. The quantitative estimate of drug-likeness (QED) is 0.520. The van der Waals surface area contributed by atoms with Gasteiger partial charge in [-0.1, -0.05) is 18.2 Å². The number of hydrogen-bond donors (Lipinski definition) is 2. The molecule has 0 saturated carbocycles. The van der Waals surface area contributed by atoms with Crippen LogP contribution >= 0.6 is 0 Å². The number of anilines is 2. The Morgan fingerprint density at radius 1 is 0.769 bits per heavy atom. The van der Waals surface area contributed by atoms with Gasteiger partial charge in [-0.25, -0.2) is 9.97 Å². The molecule has 0 atom stereocenters. The van der Waals surface area contributed by atoms with E-state index in [0.717, 1.165) is 39.0 Å². The lowest BCUT2D eigenvalue weighted by atomic mass is 10.2. The van der Waals surface area contributed by atoms with Gasteiger partial charge < -0.3 is 5.32 Å². The minimum absolute atomic E-state index is 0.640. The van der Waals surface area contributed by atoms with Gasteiger partial charge in [0.05, 0.1) is 11.2 Å². The van der Waals surface area contributed by atoms with Gasteiger partial charge in [0.25, 0.3) is 0 Å². The predicted octanol–water partition coefficient (Wildman–Crippen LogP) is 3.71. The Kier molecular flexibility index (Phi) is 3.28. The third-order valence-electron chi connectivity index (χ3n) is 4.14. The fraction of sp³-hybridized carbons (Fsp3) is 0. The molecular formula is C19H13N7. The highest BCUT2D eigenvalue weighted by atomic mass is 15.3. The maximum absolute atomic E-state index is 4.75. The van der Waals surface area contributed by atoms with Crippen molar-refractivity contribution < 1.29 is 0 Å². The highest BCUT2D eigenvalue weighted by Gasteiger charge is 2.12. The fourth-order valence-corrected chi connectivity index (χ4v) is 2.90. The lowest BCUT2D eigenvalue weighted by molar-refractivity contribution is 0.959. The first-order valence-corrected chi connectivity index (χ1v) is 8.12. The zero-order valence-electron chi connectivity index (χ0n) is 13.6. The first-order valence-electron chi connectivity index (χ1n) is 8.12. The molecule has 0 amide bonds. The van der Waals surface area contributed by atoms with E-state index in [4.69, 9.17) is 4.98 Å². The van der Waals surface area contributed by atoms with E-state index < -0.39 is 0 Å². The normalized spacial score (nSPS) is 11.1. The molecule has 26 heavy (non-hydrogen) atoms. The van der Waals surface area contributed by atoms with E-state index in [1.165, 1.54) is 0 Å². The van der Waals surface area contributed by atoms with E-state index in [0.29, 0.717) is 5.82 Å². The lowest BCUT2D eigenvalue weighted by Crippen LogP contribution is -2.00. The van der Waals surface area contributed by atoms with Crippen LogP contribution in [-0.4, -0.2) is 30.4 Å². The van der Waals surface area contributed by atoms with E-state index in [9.17, 15) is 0 Å². The fourth-order valence-electron chi connectivity index (χ4n) is 2.90. The summed E-state index contributed by atoms with van der Waals surface area (Å²) in [6.45, 7) is 0. The van der Waals surface area contributed by atoms with Crippen molar-refractivity contribution in [3.63, 3.8) is 0 Å². The minimum atomic E-state index is 0.640. The maximum Gasteiger partial charge on any atom is 0.162 e. The average Bonchev–Trinajstić information content (AvgIpc) is 3.18. The van der Waals surface area contributed by atoms with E-state index in [1.807, 2.05) is 54.6 Å². The third-order valence-corrected chi connectivity index (χ3v) is 4.14. The highest BCUT2D eigenvalue weighted by Crippen LogP contribution is 2.29. The van der Waals surface area contributed by atoms with Crippen molar-refractivity contribution in [2.75, 3.05) is 5.32 Å². The summed E-state index contributed by atoms with van der Waals surface area (Å²) >= 11 is 0. The number of H-pyrrole nitrogens is 1. The van der Waals surface area contributed by atoms with Crippen molar-refractivity contribution in [2.45, 2.75) is 0 Å². The van der Waals surface area contributed by atoms with Gasteiger partial charge in [0.1, 0.15) is 16.9 Å². The van der Waals surface area contributed by atoms with Crippen molar-refractivity contribution in [1.29, 1.82) is 0 Å². The molecule has 7 heteroatoms. The van der Waals surface area contributed by atoms with Crippen LogP contribution in [0.4, 0.5) is 11.5 Å². The molecular weight excluding hydrogens is 326 g/mol. The molecule has 0 unspecified atom stereocenters. The molecule has 0 radical (unpaired) electrons. The molecule has 0 bridgehead atoms. The Labute approximate surface area is 148 Å². The van der Waals surface area contributed by atoms with Crippen LogP contribution in [0.5, 0.6) is 0 Å². The Hall–Kier alpha value is -3.87. The second kappa shape index (κ2) is 5.89. The molecule has 0 fully saturated rings. The molecule has 124 valence electrons. The van der Waals surface area contributed by atoms with Gasteiger partial charge >= 0.3 is 0 Å². The first kappa shape index (κ1) is 14.5. The Bertz CT molecular complexity index is 1210. The summed E-state index contributed by atoms with van der Waals surface area (Å²) in [5.74, 6) is 1.36. The van der Waals surface area contributed by atoms with Crippen LogP contribution < -0.4 is 5.32 Å². The molecule has 0 aliphatic rings. The molecule has 0 aliphatic heterocycles. The van der Waals surface area contributed by atoms with E-state index in [1.54, 1.807) is 12.4 Å². The number of hydrogen-bond acceptors (Lipinski definition) is 6. The summed E-state index contributed by atoms with van der Waals surface area (Å²) in [5, 5.41) is 15.3. The second-order valence-corrected chi connectivity index (χ2v) is 5.77. The summed E-state index contributed by atoms with van der Waals surface area (Å²) in [7, 11) is 0. The monoisotopic (exact) mass is 339 g/mol. The molecule has 5 aromatic rings. The molecule has 0 aliphatic carbocycles. The van der Waals surface area contributed by atoms with Crippen molar-refractivity contribution in [3.05, 3.63) is 67.0 Å². The topological polar surface area (TPSA) is 92.3 Å². The highest BCUT2D eigenvalue weighted by molar-refractivity contribution is 5.96. The molecule has 2 N–H and O–H groups in total. The van der Waals surface area contributed by atoms with Gasteiger partial charge in [-0.3, -0.25) is 4.98 Å². The van der Waals surface area contributed by atoms with Gasteiger partial charge in [0.2, 0.25) is 0 Å². The van der Waals surface area contributed by atoms with Crippen molar-refractivity contribution in [1.82, 2.24) is 30.4 Å². The van der Waals surface area contributed by atoms with Crippen LogP contribution in [0.1, 0.15) is 0 Å². The number of aromatic amines is 1. The van der Waals surface area contributed by atoms with Crippen molar-refractivity contribution in [3.8, 4) is 11.4 Å². The van der Waals surface area contributed by atoms with Crippen LogP contribution in [-0.2, 0) is 0 Å². The number of fused-ring (bicyclic) bond motifs is 2. The van der Waals surface area contributed by atoms with Crippen LogP contribution in [0.2, 0.25) is 0 Å². The molecule has 3 aromatic heterocycles. The second-order valence-electron chi connectivity index (χ2n) is 5.77. The lowest BCUT2D eigenvalue weighted by Gasteiger charge is -2.11. The van der Waals surface area contributed by atoms with Crippen LogP contribution in [0.15, 0.2) is 67.0 Å². The third kappa shape index (κ3) is 2.42. The molecule has 2 aromatic carbocycles. The Balaban J connectivity index is 1.70. The molecule has 0 saturated heterocycles. The maximum atomic E-state index is 4.75. The van der Waals surface area contributed by atoms with Crippen LogP contribution in [0.25, 0.3) is 33.3 Å². The molecule has 5 rings (SSSR count). The summed E-state index contributed by atoms with van der Waals surface area (Å²) in [5.41, 5.74) is 4.17. The van der Waals surface area contributed by atoms with Crippen LogP contribution in [0, 0.1) is 0 Å². The molecule has 0 spiro atoms. The molecule has 7 nitrogen and oxygen atoms in total. The minimum Gasteiger partial charge on any atom is -0.338 e. The Morgan fingerprint density at radius 3 is 2.54 bits per heavy atom. The zero-order valence-corrected chi connectivity index (χ0v) is 13.6. The standard InChI is InChI=1S/C19H13N7/c1-2-5-14-13(4-1)19(23-18(21-14)12-8-10-20-11-9-12)22-15-6-3-7-16-17(15)25-26-24-16/h1-11H,(H,21,22,23)(H,24,25,26). The first-order chi connectivity index (χ1) is 12.9. The van der Waals surface area contributed by atoms with Gasteiger partial charge in [-0.15, -0.1) is 0 Å². The van der Waals surface area contributed by atoms with Crippen molar-refractivity contribution >= 4 is 33.4 Å². The largest absolute Gasteiger partial charge is 0.338 e. The predicted molar refractivity (Wildman–Crippen MR) is 99.9 cm³/mol. The van der Waals surface area contributed by atoms with E-state index >= 15 is 0 Å². The number of pyridine rings is 1. The number of benzene rings is 2. The number of rotatable bonds is 3. The summed E-state index contributed by atoms with van der Waals surface area (Å²) in [6, 6.07) is 17.5. The summed E-state index contributed by atoms with van der Waals surface area (Å²) in [6.07, 6.45) is 3.47. The van der Waals surface area contributed by atoms with Gasteiger partial charge in [0.15, 0.2) is 5.82 Å². The van der Waals surface area contributed by atoms with Crippen LogP contribution in [0.3, 0.4) is 0 Å². The van der Waals surface area contributed by atoms with Gasteiger partial charge in [0, 0.05) is 23.3 Å². The number of nitrogens with zero attached hydrogens (tertiary/aromatic N) is 5. The van der Waals surface area contributed by atoms with Gasteiger partial charge in [-0.2, -0.15) is 15.4 Å². The van der Waals surface area contributed by atoms with E-state index in [-0.39, 0.29) is 0 Å². The van der Waals surface area contributed by atoms with Gasteiger partial charge in [-0.05, 0) is 36.4 Å². The number of para-hydroxylation sites is 2. The number of aromatic nitrogens is 6. The SMILES string of the molecule is c1ccc2c(Nc3cccc4n[nH]nc34)nc(-c3ccncc3)nc2c1. The smallest absolute Gasteiger partial charge is 0.162 e. The summed E-state index contributed by atoms with van der Waals surface area (Å²) in [4.78, 5) is 13.5. The number of nitrogens with one attached hydrogen (secondary N) is 2. The van der Waals surface area contributed by atoms with E-state index in [2.05, 4.69) is 30.7 Å². The van der Waals surface area contributed by atoms with Crippen molar-refractivity contribution in [2.24, 2.45) is 0 Å².